The molecule has 10 nitrogen and oxygen atoms in total. The second kappa shape index (κ2) is 10.2. The summed E-state index contributed by atoms with van der Waals surface area (Å²) in [6, 6.07) is 2.26. The lowest BCUT2D eigenvalue weighted by Crippen LogP contribution is -2.48. The predicted octanol–water partition coefficient (Wildman–Crippen LogP) is 2.70. The smallest absolute Gasteiger partial charge is 0.407 e. The van der Waals surface area contributed by atoms with Gasteiger partial charge >= 0.3 is 12.1 Å². The number of alkyl carbamates (subject to hydrolysis) is 1. The lowest BCUT2D eigenvalue weighted by atomic mass is 10.1. The first-order valence-corrected chi connectivity index (χ1v) is 11.1. The van der Waals surface area contributed by atoms with Crippen LogP contribution in [0.2, 0.25) is 5.02 Å². The molecule has 0 spiro atoms. The largest absolute Gasteiger partial charge is 0.444 e. The third kappa shape index (κ3) is 5.56. The zero-order valence-electron chi connectivity index (χ0n) is 18.0. The third-order valence-electron chi connectivity index (χ3n) is 5.81. The number of halogens is 3. The number of aromatic nitrogens is 2. The first-order chi connectivity index (χ1) is 16.3. The molecule has 182 valence electrons. The van der Waals surface area contributed by atoms with Gasteiger partial charge in [-0.05, 0) is 25.0 Å². The number of hydrogen-bond donors (Lipinski definition) is 3. The topological polar surface area (TPSA) is 120 Å². The van der Waals surface area contributed by atoms with Crippen molar-refractivity contribution in [2.75, 3.05) is 36.4 Å². The second-order valence-corrected chi connectivity index (χ2v) is 8.50. The number of piperidine rings is 1. The molecule has 0 radical (unpaired) electrons. The summed E-state index contributed by atoms with van der Waals surface area (Å²) in [4.78, 5) is 39.7. The Morgan fingerprint density at radius 3 is 2.68 bits per heavy atom. The fourth-order valence-electron chi connectivity index (χ4n) is 4.00. The number of ether oxygens (including phenoxy) is 1. The van der Waals surface area contributed by atoms with Gasteiger partial charge in [0.05, 0.1) is 24.1 Å². The molecule has 0 unspecified atom stereocenters. The van der Waals surface area contributed by atoms with Gasteiger partial charge in [0.2, 0.25) is 0 Å². The van der Waals surface area contributed by atoms with Gasteiger partial charge in [0, 0.05) is 38.2 Å². The van der Waals surface area contributed by atoms with E-state index in [2.05, 4.69) is 20.8 Å². The van der Waals surface area contributed by atoms with Crippen LogP contribution < -0.4 is 21.1 Å². The lowest BCUT2D eigenvalue weighted by Gasteiger charge is -2.32. The Morgan fingerprint density at radius 1 is 1.18 bits per heavy atom. The molecule has 2 fully saturated rings. The zero-order chi connectivity index (χ0) is 24.2. The molecule has 0 bridgehead atoms. The molecular formula is C21H23ClF2N6O4. The van der Waals surface area contributed by atoms with Crippen LogP contribution in [-0.4, -0.2) is 65.5 Å². The van der Waals surface area contributed by atoms with Gasteiger partial charge in [-0.2, -0.15) is 5.10 Å². The first kappa shape index (κ1) is 23.7. The number of nitrogens with zero attached hydrogens (tertiary/aromatic N) is 3. The average molecular weight is 497 g/mol. The summed E-state index contributed by atoms with van der Waals surface area (Å²) < 4.78 is 32.3. The number of nitrogens with one attached hydrogen (secondary N) is 3. The van der Waals surface area contributed by atoms with Crippen molar-refractivity contribution in [3.63, 3.8) is 0 Å². The summed E-state index contributed by atoms with van der Waals surface area (Å²) in [6.07, 6.45) is 2.11. The summed E-state index contributed by atoms with van der Waals surface area (Å²) in [5.41, 5.74) is -0.0924. The van der Waals surface area contributed by atoms with Gasteiger partial charge in [-0.25, -0.2) is 23.5 Å². The van der Waals surface area contributed by atoms with Crippen LogP contribution in [0.25, 0.3) is 0 Å². The monoisotopic (exact) mass is 496 g/mol. The van der Waals surface area contributed by atoms with Crippen LogP contribution in [0.5, 0.6) is 0 Å². The number of benzene rings is 1. The highest BCUT2D eigenvalue weighted by atomic mass is 35.5. The Balaban J connectivity index is 1.21. The predicted molar refractivity (Wildman–Crippen MR) is 120 cm³/mol. The average Bonchev–Trinajstić information content (AvgIpc) is 3.26. The second-order valence-electron chi connectivity index (χ2n) is 8.12. The highest BCUT2D eigenvalue weighted by Gasteiger charge is 2.30. The van der Waals surface area contributed by atoms with Crippen LogP contribution in [0, 0.1) is 11.6 Å². The van der Waals surface area contributed by atoms with Gasteiger partial charge in [0.15, 0.2) is 0 Å². The molecule has 1 aromatic heterocycles. The minimum absolute atomic E-state index is 0.0399. The fraction of sp³-hybridized carbons (Fsp3) is 0.429. The van der Waals surface area contributed by atoms with Crippen molar-refractivity contribution in [3.8, 4) is 0 Å². The molecule has 0 aliphatic carbocycles. The molecule has 13 heteroatoms. The Bertz CT molecular complexity index is 1120. The number of carbonyl (C=O) groups is 2. The molecule has 2 saturated heterocycles. The molecule has 4 rings (SSSR count). The van der Waals surface area contributed by atoms with Gasteiger partial charge < -0.3 is 25.2 Å². The number of anilines is 2. The highest BCUT2D eigenvalue weighted by Crippen LogP contribution is 2.26. The number of rotatable bonds is 4. The van der Waals surface area contributed by atoms with E-state index in [1.165, 1.54) is 11.1 Å². The number of urea groups is 1. The van der Waals surface area contributed by atoms with E-state index >= 15 is 0 Å². The number of aromatic amines is 1. The molecule has 1 aromatic carbocycles. The lowest BCUT2D eigenvalue weighted by molar-refractivity contribution is 0.101. The number of amides is 3. The molecule has 2 aliphatic rings. The normalized spacial score (nSPS) is 18.6. The van der Waals surface area contributed by atoms with Gasteiger partial charge in [-0.3, -0.25) is 4.79 Å². The van der Waals surface area contributed by atoms with Crippen molar-refractivity contribution >= 4 is 35.1 Å². The van der Waals surface area contributed by atoms with Crippen molar-refractivity contribution in [2.24, 2.45) is 0 Å². The molecular weight excluding hydrogens is 474 g/mol. The van der Waals surface area contributed by atoms with Gasteiger partial charge in [-0.1, -0.05) is 11.6 Å². The minimum Gasteiger partial charge on any atom is -0.444 e. The van der Waals surface area contributed by atoms with E-state index in [1.807, 2.05) is 4.90 Å². The van der Waals surface area contributed by atoms with Crippen molar-refractivity contribution in [1.82, 2.24) is 20.4 Å². The molecule has 1 atom stereocenters. The maximum absolute atomic E-state index is 13.7. The Labute approximate surface area is 198 Å². The van der Waals surface area contributed by atoms with E-state index in [9.17, 15) is 23.2 Å². The van der Waals surface area contributed by atoms with Gasteiger partial charge in [0.1, 0.15) is 22.8 Å². The first-order valence-electron chi connectivity index (χ1n) is 10.8. The van der Waals surface area contributed by atoms with Crippen molar-refractivity contribution in [3.05, 3.63) is 51.4 Å². The SMILES string of the molecule is O=C(NC1CCN(C(=O)Nc2ccc(F)cc2F)CC1)O[C@@H]1CCN(c2cn[nH]c(=O)c2Cl)C1. The van der Waals surface area contributed by atoms with Crippen LogP contribution in [0.4, 0.5) is 29.7 Å². The Kier molecular flexibility index (Phi) is 7.15. The molecule has 2 aromatic rings. The van der Waals surface area contributed by atoms with E-state index in [0.717, 1.165) is 12.1 Å². The Morgan fingerprint density at radius 2 is 1.94 bits per heavy atom. The quantitative estimate of drug-likeness (QED) is 0.598. The van der Waals surface area contributed by atoms with E-state index in [4.69, 9.17) is 16.3 Å². The Hall–Kier alpha value is -3.41. The van der Waals surface area contributed by atoms with Crippen LogP contribution in [0.15, 0.2) is 29.2 Å². The number of hydrogen-bond acceptors (Lipinski definition) is 6. The summed E-state index contributed by atoms with van der Waals surface area (Å²) in [7, 11) is 0. The summed E-state index contributed by atoms with van der Waals surface area (Å²) in [5, 5.41) is 11.3. The van der Waals surface area contributed by atoms with E-state index < -0.39 is 29.3 Å². The molecule has 3 amide bonds. The fourth-order valence-corrected chi connectivity index (χ4v) is 4.21. The van der Waals surface area contributed by atoms with E-state index in [1.54, 1.807) is 0 Å². The van der Waals surface area contributed by atoms with Crippen molar-refractivity contribution < 1.29 is 23.1 Å². The molecule has 3 N–H and O–H groups in total. The molecule has 3 heterocycles. The maximum atomic E-state index is 13.7. The minimum atomic E-state index is -0.851. The number of carbonyl (C=O) groups excluding carboxylic acids is 2. The van der Waals surface area contributed by atoms with Crippen LogP contribution in [-0.2, 0) is 4.74 Å². The standard InChI is InChI=1S/C21H23ClF2N6O4/c22-18-17(10-25-28-19(18)31)30-8-5-14(11-30)34-21(33)26-13-3-6-29(7-4-13)20(32)27-16-2-1-12(23)9-15(16)24/h1-2,9-10,13-14H,3-8,11H2,(H,26,33)(H,27,32)(H,28,31)/t14-/m1/s1. The molecule has 34 heavy (non-hydrogen) atoms. The number of likely N-dealkylation sites (tertiary alicyclic amines) is 1. The number of H-pyrrole nitrogens is 1. The van der Waals surface area contributed by atoms with Gasteiger partial charge in [-0.15, -0.1) is 0 Å². The highest BCUT2D eigenvalue weighted by molar-refractivity contribution is 6.33. The van der Waals surface area contributed by atoms with E-state index in [-0.39, 0.29) is 22.9 Å². The molecule has 0 saturated carbocycles. The third-order valence-corrected chi connectivity index (χ3v) is 6.18. The van der Waals surface area contributed by atoms with Crippen molar-refractivity contribution in [1.29, 1.82) is 0 Å². The van der Waals surface area contributed by atoms with Crippen LogP contribution in [0.3, 0.4) is 0 Å². The summed E-state index contributed by atoms with van der Waals surface area (Å²) in [6.45, 7) is 1.65. The zero-order valence-corrected chi connectivity index (χ0v) is 18.8. The van der Waals surface area contributed by atoms with Crippen LogP contribution in [0.1, 0.15) is 19.3 Å². The van der Waals surface area contributed by atoms with Gasteiger partial charge in [0.25, 0.3) is 5.56 Å². The van der Waals surface area contributed by atoms with Crippen LogP contribution >= 0.6 is 11.6 Å². The van der Waals surface area contributed by atoms with Crippen molar-refractivity contribution in [2.45, 2.75) is 31.4 Å². The van der Waals surface area contributed by atoms with E-state index in [0.29, 0.717) is 57.2 Å². The summed E-state index contributed by atoms with van der Waals surface area (Å²) >= 11 is 6.04. The summed E-state index contributed by atoms with van der Waals surface area (Å²) in [5.74, 6) is -1.58. The maximum Gasteiger partial charge on any atom is 0.407 e. The molecule has 2 aliphatic heterocycles.